The standard InChI is InChI=1S/C13H15N5/c1-2-8-3-5-9(6-4-8)10-7-17-13(16)11(18-10)12(14)15/h3-7H,2H2,1H3,(H3,14,15)(H2,16,17). The fourth-order valence-electron chi connectivity index (χ4n) is 1.65. The van der Waals surface area contributed by atoms with Gasteiger partial charge in [0.15, 0.2) is 5.82 Å². The number of rotatable bonds is 3. The lowest BCUT2D eigenvalue weighted by Crippen LogP contribution is -2.17. The van der Waals surface area contributed by atoms with Gasteiger partial charge in [-0.25, -0.2) is 9.97 Å². The van der Waals surface area contributed by atoms with Gasteiger partial charge in [-0.3, -0.25) is 5.41 Å². The first kappa shape index (κ1) is 12.0. The van der Waals surface area contributed by atoms with Crippen LogP contribution in [0.25, 0.3) is 11.3 Å². The van der Waals surface area contributed by atoms with Gasteiger partial charge in [0.05, 0.1) is 11.9 Å². The SMILES string of the molecule is CCc1ccc(-c2cnc(N)c(C(=N)N)n2)cc1. The molecule has 0 bridgehead atoms. The first-order valence-corrected chi connectivity index (χ1v) is 5.68. The van der Waals surface area contributed by atoms with Crippen molar-refractivity contribution in [2.45, 2.75) is 13.3 Å². The van der Waals surface area contributed by atoms with Crippen molar-refractivity contribution >= 4 is 11.7 Å². The highest BCUT2D eigenvalue weighted by atomic mass is 14.9. The zero-order valence-electron chi connectivity index (χ0n) is 10.1. The van der Waals surface area contributed by atoms with E-state index in [4.69, 9.17) is 16.9 Å². The van der Waals surface area contributed by atoms with Gasteiger partial charge >= 0.3 is 0 Å². The lowest BCUT2D eigenvalue weighted by atomic mass is 10.1. The molecule has 0 fully saturated rings. The number of nitrogens with two attached hydrogens (primary N) is 2. The summed E-state index contributed by atoms with van der Waals surface area (Å²) >= 11 is 0. The molecule has 0 saturated carbocycles. The van der Waals surface area contributed by atoms with Crippen molar-refractivity contribution in [2.75, 3.05) is 5.73 Å². The summed E-state index contributed by atoms with van der Waals surface area (Å²) in [5.74, 6) is 0.00320. The molecule has 0 atom stereocenters. The first-order chi connectivity index (χ1) is 8.61. The highest BCUT2D eigenvalue weighted by Crippen LogP contribution is 2.19. The Kier molecular flexibility index (Phi) is 3.23. The van der Waals surface area contributed by atoms with Crippen LogP contribution in [0, 0.1) is 5.41 Å². The largest absolute Gasteiger partial charge is 0.382 e. The van der Waals surface area contributed by atoms with Crippen molar-refractivity contribution in [2.24, 2.45) is 5.73 Å². The number of benzene rings is 1. The van der Waals surface area contributed by atoms with Gasteiger partial charge in [0.2, 0.25) is 0 Å². The summed E-state index contributed by atoms with van der Waals surface area (Å²) in [5.41, 5.74) is 14.1. The van der Waals surface area contributed by atoms with Gasteiger partial charge in [0.1, 0.15) is 11.5 Å². The molecule has 2 rings (SSSR count). The number of hydrogen-bond donors (Lipinski definition) is 3. The number of aryl methyl sites for hydroxylation is 1. The molecular weight excluding hydrogens is 226 g/mol. The number of nitrogens with one attached hydrogen (secondary N) is 1. The Balaban J connectivity index is 2.44. The first-order valence-electron chi connectivity index (χ1n) is 5.68. The Morgan fingerprint density at radius 3 is 2.50 bits per heavy atom. The van der Waals surface area contributed by atoms with E-state index in [-0.39, 0.29) is 17.3 Å². The molecular formula is C13H15N5. The number of anilines is 1. The van der Waals surface area contributed by atoms with E-state index in [0.717, 1.165) is 12.0 Å². The molecule has 0 aliphatic rings. The Morgan fingerprint density at radius 2 is 1.94 bits per heavy atom. The average Bonchev–Trinajstić information content (AvgIpc) is 2.39. The summed E-state index contributed by atoms with van der Waals surface area (Å²) in [6.45, 7) is 2.10. The van der Waals surface area contributed by atoms with Crippen molar-refractivity contribution in [3.8, 4) is 11.3 Å². The molecule has 1 aromatic heterocycles. The maximum absolute atomic E-state index is 7.39. The number of nitrogens with zero attached hydrogens (tertiary/aromatic N) is 2. The van der Waals surface area contributed by atoms with Crippen LogP contribution >= 0.6 is 0 Å². The van der Waals surface area contributed by atoms with Crippen LogP contribution in [0.2, 0.25) is 0 Å². The zero-order valence-corrected chi connectivity index (χ0v) is 10.1. The van der Waals surface area contributed by atoms with E-state index in [2.05, 4.69) is 16.9 Å². The highest BCUT2D eigenvalue weighted by molar-refractivity contribution is 5.97. The number of aromatic nitrogens is 2. The number of nitrogen functional groups attached to an aromatic ring is 2. The highest BCUT2D eigenvalue weighted by Gasteiger charge is 2.08. The van der Waals surface area contributed by atoms with Gasteiger partial charge in [0, 0.05) is 5.56 Å². The molecule has 18 heavy (non-hydrogen) atoms. The average molecular weight is 241 g/mol. The zero-order chi connectivity index (χ0) is 13.1. The van der Waals surface area contributed by atoms with E-state index in [0.29, 0.717) is 5.69 Å². The Bertz CT molecular complexity index is 574. The molecule has 2 aromatic rings. The normalized spacial score (nSPS) is 10.3. The minimum atomic E-state index is -0.174. The molecule has 5 heteroatoms. The summed E-state index contributed by atoms with van der Waals surface area (Å²) in [4.78, 5) is 8.27. The van der Waals surface area contributed by atoms with E-state index in [1.807, 2.05) is 24.3 Å². The molecule has 0 radical (unpaired) electrons. The quantitative estimate of drug-likeness (QED) is 0.560. The van der Waals surface area contributed by atoms with Crippen molar-refractivity contribution in [3.05, 3.63) is 41.7 Å². The van der Waals surface area contributed by atoms with E-state index < -0.39 is 0 Å². The van der Waals surface area contributed by atoms with Crippen molar-refractivity contribution < 1.29 is 0 Å². The molecule has 92 valence electrons. The van der Waals surface area contributed by atoms with Crippen LogP contribution in [-0.4, -0.2) is 15.8 Å². The lowest BCUT2D eigenvalue weighted by molar-refractivity contribution is 1.14. The molecule has 1 heterocycles. The number of amidine groups is 1. The number of hydrogen-bond acceptors (Lipinski definition) is 4. The third-order valence-electron chi connectivity index (χ3n) is 2.71. The van der Waals surface area contributed by atoms with Crippen LogP contribution < -0.4 is 11.5 Å². The molecule has 0 saturated heterocycles. The van der Waals surface area contributed by atoms with E-state index in [1.54, 1.807) is 6.20 Å². The van der Waals surface area contributed by atoms with Gasteiger partial charge in [0.25, 0.3) is 0 Å². The van der Waals surface area contributed by atoms with Crippen LogP contribution in [0.15, 0.2) is 30.5 Å². The molecule has 5 N–H and O–H groups in total. The minimum Gasteiger partial charge on any atom is -0.382 e. The molecule has 5 nitrogen and oxygen atoms in total. The Labute approximate surface area is 105 Å². The predicted octanol–water partition coefficient (Wildman–Crippen LogP) is 1.57. The van der Waals surface area contributed by atoms with Crippen molar-refractivity contribution in [1.82, 2.24) is 9.97 Å². The van der Waals surface area contributed by atoms with Gasteiger partial charge in [-0.1, -0.05) is 31.2 Å². The molecule has 0 aliphatic carbocycles. The summed E-state index contributed by atoms with van der Waals surface area (Å²) in [7, 11) is 0. The summed E-state index contributed by atoms with van der Waals surface area (Å²) in [5, 5.41) is 7.39. The molecule has 0 unspecified atom stereocenters. The second-order valence-corrected chi connectivity index (χ2v) is 3.95. The van der Waals surface area contributed by atoms with Crippen LogP contribution in [0.1, 0.15) is 18.2 Å². The van der Waals surface area contributed by atoms with Crippen LogP contribution in [0.3, 0.4) is 0 Å². The van der Waals surface area contributed by atoms with Gasteiger partial charge in [-0.2, -0.15) is 0 Å². The molecule has 0 amide bonds. The van der Waals surface area contributed by atoms with Crippen molar-refractivity contribution in [3.63, 3.8) is 0 Å². The second-order valence-electron chi connectivity index (χ2n) is 3.95. The third-order valence-corrected chi connectivity index (χ3v) is 2.71. The molecule has 1 aromatic carbocycles. The summed E-state index contributed by atoms with van der Waals surface area (Å²) in [6, 6.07) is 8.04. The predicted molar refractivity (Wildman–Crippen MR) is 72.3 cm³/mol. The molecule has 0 spiro atoms. The van der Waals surface area contributed by atoms with Crippen LogP contribution in [0.5, 0.6) is 0 Å². The minimum absolute atomic E-state index is 0.174. The van der Waals surface area contributed by atoms with Crippen LogP contribution in [0.4, 0.5) is 5.82 Å². The maximum Gasteiger partial charge on any atom is 0.153 e. The summed E-state index contributed by atoms with van der Waals surface area (Å²) < 4.78 is 0. The Morgan fingerprint density at radius 1 is 1.28 bits per heavy atom. The van der Waals surface area contributed by atoms with Gasteiger partial charge in [-0.05, 0) is 12.0 Å². The Hall–Kier alpha value is -2.43. The van der Waals surface area contributed by atoms with E-state index >= 15 is 0 Å². The van der Waals surface area contributed by atoms with E-state index in [9.17, 15) is 0 Å². The van der Waals surface area contributed by atoms with Crippen LogP contribution in [-0.2, 0) is 6.42 Å². The smallest absolute Gasteiger partial charge is 0.153 e. The second kappa shape index (κ2) is 4.83. The molecule has 0 aliphatic heterocycles. The van der Waals surface area contributed by atoms with E-state index in [1.165, 1.54) is 5.56 Å². The fraction of sp³-hybridized carbons (Fsp3) is 0.154. The maximum atomic E-state index is 7.39. The van der Waals surface area contributed by atoms with Crippen molar-refractivity contribution in [1.29, 1.82) is 5.41 Å². The topological polar surface area (TPSA) is 102 Å². The fourth-order valence-corrected chi connectivity index (χ4v) is 1.65. The van der Waals surface area contributed by atoms with Gasteiger partial charge in [-0.15, -0.1) is 0 Å². The lowest BCUT2D eigenvalue weighted by Gasteiger charge is -2.06. The summed E-state index contributed by atoms with van der Waals surface area (Å²) in [6.07, 6.45) is 2.58. The van der Waals surface area contributed by atoms with Gasteiger partial charge < -0.3 is 11.5 Å². The monoisotopic (exact) mass is 241 g/mol. The third kappa shape index (κ3) is 2.29.